The van der Waals surface area contributed by atoms with Crippen molar-refractivity contribution < 1.29 is 38.4 Å². The molecule has 188 valence electrons. The number of benzene rings is 2. The lowest BCUT2D eigenvalue weighted by Gasteiger charge is -2.31. The molecule has 0 unspecified atom stereocenters. The maximum atomic E-state index is 13.3. The second-order valence-electron chi connectivity index (χ2n) is 8.92. The van der Waals surface area contributed by atoms with E-state index in [-0.39, 0.29) is 18.1 Å². The number of morpholine rings is 1. The zero-order chi connectivity index (χ0) is 24.6. The molecule has 36 heavy (non-hydrogen) atoms. The highest BCUT2D eigenvalue weighted by molar-refractivity contribution is 6.46. The molecule has 4 heterocycles. The van der Waals surface area contributed by atoms with Gasteiger partial charge < -0.3 is 33.7 Å². The van der Waals surface area contributed by atoms with Gasteiger partial charge in [0.2, 0.25) is 6.79 Å². The largest absolute Gasteiger partial charge is 0.507 e. The number of carbonyl (C=O) groups excluding carboxylic acids is 2. The molecule has 1 N–H and O–H groups in total. The van der Waals surface area contributed by atoms with Crippen LogP contribution >= 0.6 is 0 Å². The monoisotopic (exact) mass is 494 g/mol. The summed E-state index contributed by atoms with van der Waals surface area (Å²) >= 11 is 0. The molecule has 2 aromatic carbocycles. The van der Waals surface area contributed by atoms with E-state index >= 15 is 0 Å². The Morgan fingerprint density at radius 3 is 2.36 bits per heavy atom. The summed E-state index contributed by atoms with van der Waals surface area (Å²) in [5.41, 5.74) is 1.05. The van der Waals surface area contributed by atoms with Crippen LogP contribution in [0, 0.1) is 0 Å². The normalized spacial score (nSPS) is 22.8. The van der Waals surface area contributed by atoms with Crippen molar-refractivity contribution in [2.24, 2.45) is 0 Å². The van der Waals surface area contributed by atoms with Crippen molar-refractivity contribution in [3.05, 3.63) is 53.1 Å². The average molecular weight is 495 g/mol. The number of ketones is 1. The molecule has 0 radical (unpaired) electrons. The Morgan fingerprint density at radius 1 is 0.833 bits per heavy atom. The molecular weight excluding hydrogens is 468 g/mol. The smallest absolute Gasteiger partial charge is 0.295 e. The molecule has 0 aromatic heterocycles. The van der Waals surface area contributed by atoms with Gasteiger partial charge in [0.1, 0.15) is 19.0 Å². The first-order chi connectivity index (χ1) is 17.6. The summed E-state index contributed by atoms with van der Waals surface area (Å²) in [7, 11) is 0. The summed E-state index contributed by atoms with van der Waals surface area (Å²) in [5.74, 6) is 0.530. The number of nitrogens with zero attached hydrogens (tertiary/aromatic N) is 2. The first-order valence-corrected chi connectivity index (χ1v) is 12.0. The predicted octanol–water partition coefficient (Wildman–Crippen LogP) is 1.94. The van der Waals surface area contributed by atoms with Crippen LogP contribution in [0.1, 0.15) is 17.2 Å². The van der Waals surface area contributed by atoms with Crippen LogP contribution in [0.2, 0.25) is 0 Å². The molecule has 2 fully saturated rings. The number of hydrogen-bond donors (Lipinski definition) is 1. The van der Waals surface area contributed by atoms with Gasteiger partial charge >= 0.3 is 0 Å². The molecule has 0 spiro atoms. The van der Waals surface area contributed by atoms with Gasteiger partial charge in [0.05, 0.1) is 24.8 Å². The Morgan fingerprint density at radius 2 is 1.53 bits per heavy atom. The molecule has 10 nitrogen and oxygen atoms in total. The standard InChI is InChI=1S/C26H26N2O8/c29-24(17-2-4-18-20(14-17)34-12-11-33-18)22-23(16-1-3-19-21(13-16)36-15-35-19)28(26(31)25(22)30)6-5-27-7-9-32-10-8-27/h1-4,13-14,23,29H,5-12,15H2/t23-/m0/s1. The highest BCUT2D eigenvalue weighted by Gasteiger charge is 2.46. The molecule has 1 amide bonds. The fraction of sp³-hybridized carbons (Fsp3) is 0.385. The average Bonchev–Trinajstić information content (AvgIpc) is 3.49. The number of aliphatic hydroxyl groups excluding tert-OH is 1. The lowest BCUT2D eigenvalue weighted by molar-refractivity contribution is -0.140. The van der Waals surface area contributed by atoms with Crippen molar-refractivity contribution in [3.63, 3.8) is 0 Å². The molecule has 0 aliphatic carbocycles. The lowest BCUT2D eigenvalue weighted by Crippen LogP contribution is -2.42. The summed E-state index contributed by atoms with van der Waals surface area (Å²) in [5, 5.41) is 11.4. The molecule has 1 atom stereocenters. The molecule has 2 saturated heterocycles. The Bertz CT molecular complexity index is 1240. The molecule has 6 rings (SSSR count). The summed E-state index contributed by atoms with van der Waals surface area (Å²) in [6.45, 7) is 4.63. The summed E-state index contributed by atoms with van der Waals surface area (Å²) in [6, 6.07) is 9.49. The minimum absolute atomic E-state index is 0.0255. The van der Waals surface area contributed by atoms with Crippen LogP contribution in [0.4, 0.5) is 0 Å². The van der Waals surface area contributed by atoms with Gasteiger partial charge in [-0.05, 0) is 35.9 Å². The summed E-state index contributed by atoms with van der Waals surface area (Å²) < 4.78 is 27.6. The molecule has 4 aliphatic rings. The predicted molar refractivity (Wildman–Crippen MR) is 126 cm³/mol. The van der Waals surface area contributed by atoms with E-state index in [9.17, 15) is 14.7 Å². The van der Waals surface area contributed by atoms with Crippen LogP contribution in [-0.2, 0) is 14.3 Å². The Kier molecular flexibility index (Phi) is 5.90. The Balaban J connectivity index is 1.40. The van der Waals surface area contributed by atoms with Crippen LogP contribution in [-0.4, -0.2) is 86.0 Å². The summed E-state index contributed by atoms with van der Waals surface area (Å²) in [4.78, 5) is 30.3. The van der Waals surface area contributed by atoms with E-state index in [1.807, 2.05) is 0 Å². The van der Waals surface area contributed by atoms with Crippen molar-refractivity contribution in [3.8, 4) is 23.0 Å². The second kappa shape index (κ2) is 9.36. The minimum Gasteiger partial charge on any atom is -0.507 e. The molecular formula is C26H26N2O8. The molecule has 4 aliphatic heterocycles. The van der Waals surface area contributed by atoms with Gasteiger partial charge in [0.25, 0.3) is 11.7 Å². The highest BCUT2D eigenvalue weighted by atomic mass is 16.7. The van der Waals surface area contributed by atoms with Crippen LogP contribution in [0.3, 0.4) is 0 Å². The number of carbonyl (C=O) groups is 2. The Hall–Kier alpha value is -3.76. The van der Waals surface area contributed by atoms with Gasteiger partial charge in [-0.3, -0.25) is 14.5 Å². The fourth-order valence-corrected chi connectivity index (χ4v) is 4.96. The van der Waals surface area contributed by atoms with E-state index in [1.54, 1.807) is 36.4 Å². The molecule has 0 bridgehead atoms. The topological polar surface area (TPSA) is 107 Å². The maximum absolute atomic E-state index is 13.3. The van der Waals surface area contributed by atoms with Gasteiger partial charge in [-0.15, -0.1) is 0 Å². The molecule has 0 saturated carbocycles. The third-order valence-electron chi connectivity index (χ3n) is 6.83. The van der Waals surface area contributed by atoms with E-state index in [1.165, 1.54) is 4.90 Å². The van der Waals surface area contributed by atoms with E-state index in [0.717, 1.165) is 13.1 Å². The lowest BCUT2D eigenvalue weighted by atomic mass is 9.95. The van der Waals surface area contributed by atoms with E-state index in [0.29, 0.717) is 73.6 Å². The highest BCUT2D eigenvalue weighted by Crippen LogP contribution is 2.43. The van der Waals surface area contributed by atoms with Gasteiger partial charge in [0, 0.05) is 31.7 Å². The number of hydrogen-bond acceptors (Lipinski definition) is 9. The number of fused-ring (bicyclic) bond motifs is 2. The van der Waals surface area contributed by atoms with E-state index in [2.05, 4.69) is 4.90 Å². The minimum atomic E-state index is -0.784. The van der Waals surface area contributed by atoms with Crippen molar-refractivity contribution >= 4 is 17.4 Å². The van der Waals surface area contributed by atoms with E-state index < -0.39 is 17.7 Å². The van der Waals surface area contributed by atoms with Crippen LogP contribution in [0.5, 0.6) is 23.0 Å². The van der Waals surface area contributed by atoms with Gasteiger partial charge in [0.15, 0.2) is 23.0 Å². The first kappa shape index (κ1) is 22.7. The number of rotatable bonds is 5. The number of ether oxygens (including phenoxy) is 5. The molecule has 10 heteroatoms. The number of likely N-dealkylation sites (tertiary alicyclic amines) is 1. The van der Waals surface area contributed by atoms with Crippen LogP contribution in [0.15, 0.2) is 42.0 Å². The third-order valence-corrected chi connectivity index (χ3v) is 6.83. The van der Waals surface area contributed by atoms with Crippen molar-refractivity contribution in [1.82, 2.24) is 9.80 Å². The number of amides is 1. The van der Waals surface area contributed by atoms with Crippen LogP contribution in [0.25, 0.3) is 5.76 Å². The Labute approximate surface area is 207 Å². The van der Waals surface area contributed by atoms with Crippen molar-refractivity contribution in [2.75, 3.05) is 59.4 Å². The van der Waals surface area contributed by atoms with Gasteiger partial charge in [-0.1, -0.05) is 6.07 Å². The first-order valence-electron chi connectivity index (χ1n) is 12.0. The van der Waals surface area contributed by atoms with Crippen LogP contribution < -0.4 is 18.9 Å². The van der Waals surface area contributed by atoms with Crippen molar-refractivity contribution in [2.45, 2.75) is 6.04 Å². The third kappa shape index (κ3) is 4.02. The SMILES string of the molecule is O=C1C(=O)N(CCN2CCOCC2)[C@@H](c2ccc3c(c2)OCO3)C1=C(O)c1ccc2c(c1)OCCO2. The zero-order valence-corrected chi connectivity index (χ0v) is 19.6. The van der Waals surface area contributed by atoms with E-state index in [4.69, 9.17) is 23.7 Å². The quantitative estimate of drug-likeness (QED) is 0.379. The summed E-state index contributed by atoms with van der Waals surface area (Å²) in [6.07, 6.45) is 0. The van der Waals surface area contributed by atoms with Gasteiger partial charge in [-0.25, -0.2) is 0 Å². The maximum Gasteiger partial charge on any atom is 0.295 e. The second-order valence-corrected chi connectivity index (χ2v) is 8.92. The van der Waals surface area contributed by atoms with Crippen molar-refractivity contribution in [1.29, 1.82) is 0 Å². The zero-order valence-electron chi connectivity index (χ0n) is 19.6. The molecule has 2 aromatic rings. The number of Topliss-reactive ketones (excluding diaryl/α,β-unsaturated/α-hetero) is 1. The fourth-order valence-electron chi connectivity index (χ4n) is 4.96. The van der Waals surface area contributed by atoms with Gasteiger partial charge in [-0.2, -0.15) is 0 Å². The number of aliphatic hydroxyl groups is 1.